The Labute approximate surface area is 68.5 Å². The van der Waals surface area contributed by atoms with Gasteiger partial charge in [-0.15, -0.1) is 0 Å². The number of pyridine rings is 1. The van der Waals surface area contributed by atoms with Crippen LogP contribution in [0.1, 0.15) is 7.12 Å². The molecule has 0 bridgehead atoms. The van der Waals surface area contributed by atoms with Crippen molar-refractivity contribution in [1.29, 1.82) is 0 Å². The molecule has 0 saturated heterocycles. The van der Waals surface area contributed by atoms with E-state index in [4.69, 9.17) is 0 Å². The summed E-state index contributed by atoms with van der Waals surface area (Å²) < 4.78 is 0. The molecule has 0 radical (unpaired) electrons. The van der Waals surface area contributed by atoms with E-state index in [0.29, 0.717) is 0 Å². The molecule has 0 aliphatic rings. The standard InChI is InChI=1S/C7H7N.Li.H/c1-2-7-5-3-4-6-8-7;;/h2-6H,1H2;;/q;+1;-1. The van der Waals surface area contributed by atoms with Crippen molar-refractivity contribution in [2.45, 2.75) is 0 Å². The van der Waals surface area contributed by atoms with Gasteiger partial charge in [-0.2, -0.15) is 0 Å². The minimum atomic E-state index is 0. The zero-order chi connectivity index (χ0) is 5.82. The second-order valence-corrected chi connectivity index (χ2v) is 1.46. The van der Waals surface area contributed by atoms with E-state index in [2.05, 4.69) is 11.6 Å². The van der Waals surface area contributed by atoms with E-state index in [1.165, 1.54) is 0 Å². The van der Waals surface area contributed by atoms with E-state index in [-0.39, 0.29) is 20.3 Å². The molecule has 0 spiro atoms. The van der Waals surface area contributed by atoms with Gasteiger partial charge in [0.15, 0.2) is 0 Å². The van der Waals surface area contributed by atoms with Crippen LogP contribution in [0.25, 0.3) is 6.08 Å². The molecule has 1 rings (SSSR count). The van der Waals surface area contributed by atoms with Crippen LogP contribution in [0.2, 0.25) is 0 Å². The van der Waals surface area contributed by atoms with Gasteiger partial charge in [0.2, 0.25) is 0 Å². The van der Waals surface area contributed by atoms with Crippen LogP contribution in [0.3, 0.4) is 0 Å². The van der Waals surface area contributed by atoms with Crippen LogP contribution < -0.4 is 18.9 Å². The van der Waals surface area contributed by atoms with Crippen molar-refractivity contribution in [1.82, 2.24) is 4.98 Å². The maximum atomic E-state index is 3.98. The third-order valence-electron chi connectivity index (χ3n) is 0.897. The third-order valence-corrected chi connectivity index (χ3v) is 0.897. The van der Waals surface area contributed by atoms with Gasteiger partial charge in [0.25, 0.3) is 0 Å². The van der Waals surface area contributed by atoms with Crippen LogP contribution in [0.15, 0.2) is 31.0 Å². The first-order valence-corrected chi connectivity index (χ1v) is 2.47. The summed E-state index contributed by atoms with van der Waals surface area (Å²) in [7, 11) is 0. The monoisotopic (exact) mass is 113 g/mol. The summed E-state index contributed by atoms with van der Waals surface area (Å²) in [6.45, 7) is 3.57. The third kappa shape index (κ3) is 2.50. The molecule has 0 atom stereocenters. The normalized spacial score (nSPS) is 7.56. The summed E-state index contributed by atoms with van der Waals surface area (Å²) >= 11 is 0. The number of aromatic nitrogens is 1. The predicted octanol–water partition coefficient (Wildman–Crippen LogP) is -1.16. The van der Waals surface area contributed by atoms with Crippen LogP contribution in [-0.4, -0.2) is 4.98 Å². The van der Waals surface area contributed by atoms with Crippen molar-refractivity contribution in [2.75, 3.05) is 0 Å². The van der Waals surface area contributed by atoms with Crippen molar-refractivity contribution >= 4 is 6.08 Å². The first-order chi connectivity index (χ1) is 3.93. The van der Waals surface area contributed by atoms with Gasteiger partial charge in [-0.3, -0.25) is 4.98 Å². The second kappa shape index (κ2) is 4.37. The molecule has 0 aliphatic carbocycles. The Morgan fingerprint density at radius 3 is 2.67 bits per heavy atom. The molecule has 0 amide bonds. The molecular formula is C7H8LiN. The molecule has 1 aromatic heterocycles. The van der Waals surface area contributed by atoms with Gasteiger partial charge < -0.3 is 1.43 Å². The molecule has 9 heavy (non-hydrogen) atoms. The van der Waals surface area contributed by atoms with Crippen LogP contribution in [0, 0.1) is 0 Å². The van der Waals surface area contributed by atoms with E-state index < -0.39 is 0 Å². The number of rotatable bonds is 1. The first-order valence-electron chi connectivity index (χ1n) is 2.47. The Hall–Kier alpha value is -0.513. The molecule has 0 unspecified atom stereocenters. The maximum Gasteiger partial charge on any atom is 1.00 e. The Morgan fingerprint density at radius 2 is 2.33 bits per heavy atom. The average molecular weight is 113 g/mol. The first kappa shape index (κ1) is 8.49. The van der Waals surface area contributed by atoms with Crippen molar-refractivity contribution in [3.05, 3.63) is 36.7 Å². The molecule has 1 aromatic rings. The molecular weight excluding hydrogens is 105 g/mol. The zero-order valence-electron chi connectivity index (χ0n) is 6.54. The Balaban J connectivity index is 0. The van der Waals surface area contributed by atoms with E-state index in [1.54, 1.807) is 12.3 Å². The van der Waals surface area contributed by atoms with Crippen molar-refractivity contribution in [2.24, 2.45) is 0 Å². The Bertz CT molecular complexity index is 176. The van der Waals surface area contributed by atoms with Crippen LogP contribution in [0.5, 0.6) is 0 Å². The van der Waals surface area contributed by atoms with Gasteiger partial charge in [0.05, 0.1) is 5.69 Å². The van der Waals surface area contributed by atoms with Gasteiger partial charge in [0, 0.05) is 6.20 Å². The number of hydrogen-bond donors (Lipinski definition) is 0. The fourth-order valence-electron chi connectivity index (χ4n) is 0.497. The topological polar surface area (TPSA) is 12.9 Å². The van der Waals surface area contributed by atoms with Gasteiger partial charge in [0.1, 0.15) is 0 Å². The molecule has 0 aliphatic heterocycles. The maximum absolute atomic E-state index is 3.98. The summed E-state index contributed by atoms with van der Waals surface area (Å²) in [6, 6.07) is 5.73. The molecule has 42 valence electrons. The van der Waals surface area contributed by atoms with E-state index in [0.717, 1.165) is 5.69 Å². The quantitative estimate of drug-likeness (QED) is 0.419. The smallest absolute Gasteiger partial charge is 1.00 e. The average Bonchev–Trinajstić information content (AvgIpc) is 1.90. The molecule has 1 nitrogen and oxygen atoms in total. The van der Waals surface area contributed by atoms with Crippen LogP contribution >= 0.6 is 0 Å². The fourth-order valence-corrected chi connectivity index (χ4v) is 0.497. The van der Waals surface area contributed by atoms with E-state index in [9.17, 15) is 0 Å². The summed E-state index contributed by atoms with van der Waals surface area (Å²) in [6.07, 6.45) is 3.47. The molecule has 1 heterocycles. The summed E-state index contributed by atoms with van der Waals surface area (Å²) in [5.41, 5.74) is 0.924. The van der Waals surface area contributed by atoms with Crippen molar-refractivity contribution in [3.8, 4) is 0 Å². The molecule has 0 N–H and O–H groups in total. The van der Waals surface area contributed by atoms with Gasteiger partial charge in [-0.1, -0.05) is 12.6 Å². The number of nitrogens with zero attached hydrogens (tertiary/aromatic N) is 1. The molecule has 2 heteroatoms. The molecule has 0 aromatic carbocycles. The summed E-state index contributed by atoms with van der Waals surface area (Å²) in [4.78, 5) is 3.98. The predicted molar refractivity (Wildman–Crippen MR) is 35.4 cm³/mol. The SMILES string of the molecule is C=Cc1ccccn1.[H-].[Li+]. The summed E-state index contributed by atoms with van der Waals surface area (Å²) in [5.74, 6) is 0. The minimum Gasteiger partial charge on any atom is -1.00 e. The second-order valence-electron chi connectivity index (χ2n) is 1.46. The summed E-state index contributed by atoms with van der Waals surface area (Å²) in [5, 5.41) is 0. The largest absolute Gasteiger partial charge is 1.00 e. The number of hydrogen-bond acceptors (Lipinski definition) is 1. The van der Waals surface area contributed by atoms with E-state index >= 15 is 0 Å². The van der Waals surface area contributed by atoms with Crippen molar-refractivity contribution < 1.29 is 20.3 Å². The van der Waals surface area contributed by atoms with Gasteiger partial charge in [-0.05, 0) is 18.2 Å². The van der Waals surface area contributed by atoms with Crippen molar-refractivity contribution in [3.63, 3.8) is 0 Å². The fraction of sp³-hybridized carbons (Fsp3) is 0. The Kier molecular flexibility index (Phi) is 4.13. The van der Waals surface area contributed by atoms with Gasteiger partial charge >= 0.3 is 18.9 Å². The molecule has 0 fully saturated rings. The van der Waals surface area contributed by atoms with Crippen LogP contribution in [-0.2, 0) is 0 Å². The minimum absolute atomic E-state index is 0. The Morgan fingerprint density at radius 1 is 1.56 bits per heavy atom. The molecule has 0 saturated carbocycles. The van der Waals surface area contributed by atoms with Crippen LogP contribution in [0.4, 0.5) is 0 Å². The zero-order valence-corrected chi connectivity index (χ0v) is 5.54. The van der Waals surface area contributed by atoms with Gasteiger partial charge in [-0.25, -0.2) is 0 Å². The van der Waals surface area contributed by atoms with E-state index in [1.807, 2.05) is 18.2 Å².